The van der Waals surface area contributed by atoms with E-state index in [1.54, 1.807) is 38.1 Å². The van der Waals surface area contributed by atoms with Crippen molar-refractivity contribution in [2.24, 2.45) is 0 Å². The minimum atomic E-state index is -3.33. The van der Waals surface area contributed by atoms with Crippen LogP contribution >= 0.6 is 0 Å². The Hall–Kier alpha value is -2.38. The summed E-state index contributed by atoms with van der Waals surface area (Å²) in [7, 11) is -3.33. The average Bonchev–Trinajstić information content (AvgIpc) is 2.80. The first-order valence-corrected chi connectivity index (χ1v) is 12.7. The summed E-state index contributed by atoms with van der Waals surface area (Å²) >= 11 is 0. The van der Waals surface area contributed by atoms with Crippen molar-refractivity contribution in [2.75, 3.05) is 29.7 Å². The van der Waals surface area contributed by atoms with Gasteiger partial charge in [0.25, 0.3) is 5.91 Å². The van der Waals surface area contributed by atoms with Crippen LogP contribution in [0.4, 0.5) is 5.69 Å². The van der Waals surface area contributed by atoms with Crippen molar-refractivity contribution in [3.05, 3.63) is 65.2 Å². The number of hydrogen-bond acceptors (Lipinski definition) is 4. The number of piperidine rings is 1. The molecular formula is C24H33N3O3S. The molecule has 3 rings (SSSR count). The van der Waals surface area contributed by atoms with Crippen LogP contribution in [-0.4, -0.2) is 44.6 Å². The Morgan fingerprint density at radius 1 is 0.968 bits per heavy atom. The average molecular weight is 444 g/mol. The number of nitrogens with zero attached hydrogens (tertiary/aromatic N) is 2. The number of sulfonamides is 1. The zero-order chi connectivity index (χ0) is 22.3. The summed E-state index contributed by atoms with van der Waals surface area (Å²) < 4.78 is 25.8. The number of nitrogens with one attached hydrogen (secondary N) is 1. The lowest BCUT2D eigenvalue weighted by molar-refractivity contribution is 0.0950. The zero-order valence-corrected chi connectivity index (χ0v) is 19.3. The van der Waals surface area contributed by atoms with Gasteiger partial charge in [0.2, 0.25) is 10.0 Å². The molecule has 0 aliphatic carbocycles. The van der Waals surface area contributed by atoms with E-state index in [0.717, 1.165) is 25.2 Å². The quantitative estimate of drug-likeness (QED) is 0.640. The van der Waals surface area contributed by atoms with Crippen molar-refractivity contribution in [1.82, 2.24) is 10.2 Å². The second-order valence-corrected chi connectivity index (χ2v) is 10.1. The van der Waals surface area contributed by atoms with E-state index in [4.69, 9.17) is 0 Å². The highest BCUT2D eigenvalue weighted by Crippen LogP contribution is 2.20. The normalized spacial score (nSPS) is 14.9. The number of likely N-dealkylation sites (tertiary alicyclic amines) is 1. The van der Waals surface area contributed by atoms with Crippen LogP contribution < -0.4 is 9.62 Å². The fourth-order valence-electron chi connectivity index (χ4n) is 3.99. The summed E-state index contributed by atoms with van der Waals surface area (Å²) in [6, 6.07) is 15.0. The van der Waals surface area contributed by atoms with Crippen molar-refractivity contribution in [2.45, 2.75) is 46.2 Å². The molecule has 1 fully saturated rings. The third kappa shape index (κ3) is 6.08. The molecule has 1 heterocycles. The van der Waals surface area contributed by atoms with Crippen LogP contribution in [0.25, 0.3) is 0 Å². The lowest BCUT2D eigenvalue weighted by atomic mass is 10.0. The Labute approximate surface area is 186 Å². The number of carbonyl (C=O) groups is 1. The molecule has 2 aromatic carbocycles. The number of anilines is 1. The van der Waals surface area contributed by atoms with Crippen molar-refractivity contribution in [3.8, 4) is 0 Å². The molecule has 1 aliphatic heterocycles. The predicted octanol–water partition coefficient (Wildman–Crippen LogP) is 3.78. The monoisotopic (exact) mass is 443 g/mol. The van der Waals surface area contributed by atoms with E-state index in [2.05, 4.69) is 22.3 Å². The van der Waals surface area contributed by atoms with Gasteiger partial charge in [0.05, 0.1) is 11.4 Å². The molecule has 0 saturated carbocycles. The third-order valence-electron chi connectivity index (χ3n) is 5.81. The summed E-state index contributed by atoms with van der Waals surface area (Å²) in [4.78, 5) is 15.1. The van der Waals surface area contributed by atoms with Gasteiger partial charge in [-0.25, -0.2) is 8.42 Å². The minimum absolute atomic E-state index is 0.0416. The van der Waals surface area contributed by atoms with Gasteiger partial charge in [-0.2, -0.15) is 0 Å². The molecule has 1 aliphatic rings. The predicted molar refractivity (Wildman–Crippen MR) is 126 cm³/mol. The van der Waals surface area contributed by atoms with E-state index in [0.29, 0.717) is 24.3 Å². The Morgan fingerprint density at radius 3 is 2.23 bits per heavy atom. The molecule has 0 bridgehead atoms. The largest absolute Gasteiger partial charge is 0.348 e. The highest BCUT2D eigenvalue weighted by Gasteiger charge is 2.19. The second-order valence-electron chi connectivity index (χ2n) is 7.90. The van der Waals surface area contributed by atoms with Crippen LogP contribution in [0.1, 0.15) is 54.6 Å². The molecule has 7 heteroatoms. The maximum absolute atomic E-state index is 12.7. The second kappa shape index (κ2) is 10.8. The van der Waals surface area contributed by atoms with Gasteiger partial charge in [-0.15, -0.1) is 0 Å². The summed E-state index contributed by atoms with van der Waals surface area (Å²) in [6.07, 6.45) is 3.82. The van der Waals surface area contributed by atoms with Crippen LogP contribution in [-0.2, 0) is 23.1 Å². The van der Waals surface area contributed by atoms with E-state index in [-0.39, 0.29) is 11.7 Å². The third-order valence-corrected chi connectivity index (χ3v) is 7.68. The zero-order valence-electron chi connectivity index (χ0n) is 18.5. The Bertz CT molecular complexity index is 968. The molecule has 6 nitrogen and oxygen atoms in total. The van der Waals surface area contributed by atoms with Gasteiger partial charge in [0.1, 0.15) is 0 Å². The molecule has 31 heavy (non-hydrogen) atoms. The fraction of sp³-hybridized carbons (Fsp3) is 0.458. The summed E-state index contributed by atoms with van der Waals surface area (Å²) in [5, 5.41) is 3.01. The first-order valence-electron chi connectivity index (χ1n) is 11.1. The molecule has 1 N–H and O–H groups in total. The molecule has 0 radical (unpaired) electrons. The topological polar surface area (TPSA) is 69.7 Å². The molecule has 1 saturated heterocycles. The van der Waals surface area contributed by atoms with Gasteiger partial charge < -0.3 is 5.32 Å². The minimum Gasteiger partial charge on any atom is -0.348 e. The van der Waals surface area contributed by atoms with Crippen LogP contribution in [0.2, 0.25) is 0 Å². The van der Waals surface area contributed by atoms with Crippen LogP contribution in [0.15, 0.2) is 48.5 Å². The smallest absolute Gasteiger partial charge is 0.251 e. The molecule has 0 unspecified atom stereocenters. The maximum Gasteiger partial charge on any atom is 0.251 e. The van der Waals surface area contributed by atoms with Crippen LogP contribution in [0.3, 0.4) is 0 Å². The first kappa shape index (κ1) is 23.3. The highest BCUT2D eigenvalue weighted by atomic mass is 32.2. The maximum atomic E-state index is 12.7. The van der Waals surface area contributed by atoms with E-state index in [9.17, 15) is 13.2 Å². The van der Waals surface area contributed by atoms with E-state index >= 15 is 0 Å². The van der Waals surface area contributed by atoms with Crippen LogP contribution in [0, 0.1) is 0 Å². The fourth-order valence-corrected chi connectivity index (χ4v) is 5.14. The number of benzene rings is 2. The molecule has 0 atom stereocenters. The van der Waals surface area contributed by atoms with Crippen molar-refractivity contribution >= 4 is 21.6 Å². The standard InChI is InChI=1S/C24H33N3O3S/c1-3-27(31(29,30)4-2)23-14-12-20(13-15-23)24(28)25-18-21-10-6-7-11-22(21)19-26-16-8-5-9-17-26/h6-7,10-15H,3-5,8-9,16-19H2,1-2H3,(H,25,28). The number of hydrogen-bond donors (Lipinski definition) is 1. The van der Waals surface area contributed by atoms with Crippen LogP contribution in [0.5, 0.6) is 0 Å². The van der Waals surface area contributed by atoms with E-state index < -0.39 is 10.0 Å². The first-order chi connectivity index (χ1) is 14.9. The molecule has 168 valence electrons. The molecule has 0 aromatic heterocycles. The van der Waals surface area contributed by atoms with Crippen molar-refractivity contribution in [3.63, 3.8) is 0 Å². The van der Waals surface area contributed by atoms with Crippen molar-refractivity contribution < 1.29 is 13.2 Å². The lowest BCUT2D eigenvalue weighted by Crippen LogP contribution is -2.32. The number of rotatable bonds is 9. The van der Waals surface area contributed by atoms with Gasteiger partial charge in [0, 0.05) is 25.2 Å². The van der Waals surface area contributed by atoms with Gasteiger partial charge >= 0.3 is 0 Å². The SMILES string of the molecule is CCN(c1ccc(C(=O)NCc2ccccc2CN2CCCCC2)cc1)S(=O)(=O)CC. The molecule has 0 spiro atoms. The van der Waals surface area contributed by atoms with Gasteiger partial charge in [0.15, 0.2) is 0 Å². The Balaban J connectivity index is 1.63. The number of amides is 1. The Morgan fingerprint density at radius 2 is 1.61 bits per heavy atom. The van der Waals surface area contributed by atoms with Gasteiger partial charge in [-0.1, -0.05) is 30.7 Å². The van der Waals surface area contributed by atoms with E-state index in [1.165, 1.54) is 29.1 Å². The molecule has 1 amide bonds. The van der Waals surface area contributed by atoms with Crippen molar-refractivity contribution in [1.29, 1.82) is 0 Å². The summed E-state index contributed by atoms with van der Waals surface area (Å²) in [6.45, 7) is 7.44. The van der Waals surface area contributed by atoms with Gasteiger partial charge in [-0.05, 0) is 75.2 Å². The summed E-state index contributed by atoms with van der Waals surface area (Å²) in [5.74, 6) is -0.124. The Kier molecular flexibility index (Phi) is 8.09. The molecular weight excluding hydrogens is 410 g/mol. The van der Waals surface area contributed by atoms with E-state index in [1.807, 2.05) is 12.1 Å². The van der Waals surface area contributed by atoms with Gasteiger partial charge in [-0.3, -0.25) is 14.0 Å². The number of carbonyl (C=O) groups excluding carboxylic acids is 1. The summed E-state index contributed by atoms with van der Waals surface area (Å²) in [5.41, 5.74) is 3.47. The lowest BCUT2D eigenvalue weighted by Gasteiger charge is -2.27. The highest BCUT2D eigenvalue weighted by molar-refractivity contribution is 7.92. The molecule has 2 aromatic rings.